The molecule has 0 saturated carbocycles. The number of aryl methyl sites for hydroxylation is 1. The van der Waals surface area contributed by atoms with Gasteiger partial charge in [-0.3, -0.25) is 9.69 Å². The van der Waals surface area contributed by atoms with E-state index in [1.807, 2.05) is 55.3 Å². The van der Waals surface area contributed by atoms with Crippen LogP contribution in [-0.2, 0) is 4.79 Å². The lowest BCUT2D eigenvalue weighted by Gasteiger charge is -2.16. The second-order valence-corrected chi connectivity index (χ2v) is 7.13. The highest BCUT2D eigenvalue weighted by Gasteiger charge is 2.08. The number of rotatable bonds is 8. The number of likely N-dealkylation sites (N-methyl/N-ethyl adjacent to an activating group) is 1. The summed E-state index contributed by atoms with van der Waals surface area (Å²) in [6, 6.07) is 13.4. The van der Waals surface area contributed by atoms with E-state index in [2.05, 4.69) is 10.3 Å². The third kappa shape index (κ3) is 6.51. The molecule has 0 aliphatic heterocycles. The van der Waals surface area contributed by atoms with Crippen molar-refractivity contribution >= 4 is 35.1 Å². The summed E-state index contributed by atoms with van der Waals surface area (Å²) in [4.78, 5) is 19.4. The summed E-state index contributed by atoms with van der Waals surface area (Å²) < 4.78 is 0. The van der Waals surface area contributed by atoms with Crippen LogP contribution in [0.1, 0.15) is 12.1 Å². The quantitative estimate of drug-likeness (QED) is 0.566. The number of pyridine rings is 1. The van der Waals surface area contributed by atoms with Crippen molar-refractivity contribution in [1.82, 2.24) is 9.88 Å². The molecule has 4 nitrogen and oxygen atoms in total. The van der Waals surface area contributed by atoms with Gasteiger partial charge in [0.2, 0.25) is 5.91 Å². The molecular formula is C18H22ClN3OS. The van der Waals surface area contributed by atoms with Crippen molar-refractivity contribution in [3.05, 3.63) is 53.2 Å². The smallest absolute Gasteiger partial charge is 0.239 e. The van der Waals surface area contributed by atoms with Crippen LogP contribution in [0.25, 0.3) is 0 Å². The molecule has 1 amide bonds. The molecule has 0 aliphatic carbocycles. The summed E-state index contributed by atoms with van der Waals surface area (Å²) in [5.74, 6) is 1.52. The number of halogens is 1. The van der Waals surface area contributed by atoms with Gasteiger partial charge >= 0.3 is 0 Å². The third-order valence-electron chi connectivity index (χ3n) is 3.35. The van der Waals surface area contributed by atoms with Gasteiger partial charge in [0.25, 0.3) is 0 Å². The van der Waals surface area contributed by atoms with E-state index >= 15 is 0 Å². The Morgan fingerprint density at radius 3 is 2.79 bits per heavy atom. The molecule has 0 saturated heterocycles. The highest BCUT2D eigenvalue weighted by atomic mass is 35.5. The molecule has 0 aliphatic rings. The van der Waals surface area contributed by atoms with Crippen LogP contribution in [0.5, 0.6) is 0 Å². The molecule has 1 aromatic carbocycles. The van der Waals surface area contributed by atoms with Crippen molar-refractivity contribution in [2.45, 2.75) is 18.2 Å². The summed E-state index contributed by atoms with van der Waals surface area (Å²) in [5.41, 5.74) is 0.887. The first-order valence-electron chi connectivity index (χ1n) is 7.84. The first-order valence-corrected chi connectivity index (χ1v) is 9.20. The van der Waals surface area contributed by atoms with Crippen LogP contribution in [0.15, 0.2) is 47.4 Å². The van der Waals surface area contributed by atoms with E-state index in [0.29, 0.717) is 12.4 Å². The van der Waals surface area contributed by atoms with Gasteiger partial charge < -0.3 is 5.32 Å². The van der Waals surface area contributed by atoms with E-state index in [4.69, 9.17) is 11.6 Å². The lowest BCUT2D eigenvalue weighted by atomic mass is 10.3. The maximum atomic E-state index is 12.0. The molecule has 6 heteroatoms. The number of hydrogen-bond acceptors (Lipinski definition) is 4. The van der Waals surface area contributed by atoms with Gasteiger partial charge in [0, 0.05) is 10.6 Å². The zero-order chi connectivity index (χ0) is 17.4. The van der Waals surface area contributed by atoms with Crippen molar-refractivity contribution < 1.29 is 4.79 Å². The van der Waals surface area contributed by atoms with Gasteiger partial charge in [-0.2, -0.15) is 0 Å². The molecule has 128 valence electrons. The Morgan fingerprint density at radius 2 is 2.04 bits per heavy atom. The van der Waals surface area contributed by atoms with Crippen LogP contribution in [-0.4, -0.2) is 41.7 Å². The fraction of sp³-hybridized carbons (Fsp3) is 0.333. The molecule has 0 radical (unpaired) electrons. The number of carbonyl (C=O) groups is 1. The molecule has 2 rings (SSSR count). The van der Waals surface area contributed by atoms with Crippen molar-refractivity contribution in [2.75, 3.05) is 31.2 Å². The molecule has 0 fully saturated rings. The Kier molecular flexibility index (Phi) is 7.56. The van der Waals surface area contributed by atoms with Crippen LogP contribution in [0.3, 0.4) is 0 Å². The minimum atomic E-state index is -0.0469. The summed E-state index contributed by atoms with van der Waals surface area (Å²) in [6.45, 7) is 3.11. The number of benzene rings is 1. The average molecular weight is 364 g/mol. The second kappa shape index (κ2) is 9.67. The molecule has 1 aromatic heterocycles. The number of carbonyl (C=O) groups excluding carboxylic acids is 1. The maximum Gasteiger partial charge on any atom is 0.239 e. The molecule has 0 unspecified atom stereocenters. The average Bonchev–Trinajstić information content (AvgIpc) is 2.53. The first-order chi connectivity index (χ1) is 11.5. The fourth-order valence-corrected chi connectivity index (χ4v) is 3.37. The van der Waals surface area contributed by atoms with Gasteiger partial charge in [-0.1, -0.05) is 29.8 Å². The summed E-state index contributed by atoms with van der Waals surface area (Å²) >= 11 is 7.88. The number of nitrogens with one attached hydrogen (secondary N) is 1. The predicted octanol–water partition coefficient (Wildman–Crippen LogP) is 4.10. The Morgan fingerprint density at radius 1 is 1.25 bits per heavy atom. The topological polar surface area (TPSA) is 45.2 Å². The highest BCUT2D eigenvalue weighted by molar-refractivity contribution is 7.99. The van der Waals surface area contributed by atoms with E-state index in [1.165, 1.54) is 0 Å². The maximum absolute atomic E-state index is 12.0. The Hall–Kier alpha value is -1.56. The third-order valence-corrected chi connectivity index (χ3v) is 4.95. The Labute approximate surface area is 152 Å². The minimum absolute atomic E-state index is 0.0469. The van der Waals surface area contributed by atoms with Gasteiger partial charge in [-0.25, -0.2) is 4.98 Å². The van der Waals surface area contributed by atoms with E-state index < -0.39 is 0 Å². The van der Waals surface area contributed by atoms with Crippen LogP contribution in [0, 0.1) is 6.92 Å². The summed E-state index contributed by atoms with van der Waals surface area (Å²) in [6.07, 6.45) is 0.988. The number of amides is 1. The molecule has 1 heterocycles. The van der Waals surface area contributed by atoms with Crippen molar-refractivity contribution in [3.8, 4) is 0 Å². The van der Waals surface area contributed by atoms with Crippen molar-refractivity contribution in [3.63, 3.8) is 0 Å². The SMILES string of the molecule is Cc1cccc(NC(=O)CN(C)CCCSc2ccccc2Cl)n1. The number of anilines is 1. The monoisotopic (exact) mass is 363 g/mol. The van der Waals surface area contributed by atoms with Crippen molar-refractivity contribution in [2.24, 2.45) is 0 Å². The molecule has 0 atom stereocenters. The standard InChI is InChI=1S/C18H22ClN3OS/c1-14-7-5-10-17(20-14)21-18(23)13-22(2)11-6-12-24-16-9-4-3-8-15(16)19/h3-5,7-10H,6,11-13H2,1-2H3,(H,20,21,23). The number of nitrogens with zero attached hydrogens (tertiary/aromatic N) is 2. The van der Waals surface area contributed by atoms with Crippen LogP contribution in [0.2, 0.25) is 5.02 Å². The van der Waals surface area contributed by atoms with Crippen LogP contribution in [0.4, 0.5) is 5.82 Å². The van der Waals surface area contributed by atoms with Gasteiger partial charge in [0.1, 0.15) is 5.82 Å². The lowest BCUT2D eigenvalue weighted by Crippen LogP contribution is -2.31. The van der Waals surface area contributed by atoms with Crippen LogP contribution < -0.4 is 5.32 Å². The normalized spacial score (nSPS) is 10.8. The molecule has 1 N–H and O–H groups in total. The lowest BCUT2D eigenvalue weighted by molar-refractivity contribution is -0.117. The molecule has 0 spiro atoms. The van der Waals surface area contributed by atoms with Gasteiger partial charge in [-0.15, -0.1) is 11.8 Å². The number of thioether (sulfide) groups is 1. The van der Waals surface area contributed by atoms with E-state index in [-0.39, 0.29) is 5.91 Å². The minimum Gasteiger partial charge on any atom is -0.310 e. The predicted molar refractivity (Wildman–Crippen MR) is 102 cm³/mol. The summed E-state index contributed by atoms with van der Waals surface area (Å²) in [7, 11) is 1.95. The number of hydrogen-bond donors (Lipinski definition) is 1. The summed E-state index contributed by atoms with van der Waals surface area (Å²) in [5, 5.41) is 3.62. The first kappa shape index (κ1) is 18.8. The zero-order valence-corrected chi connectivity index (χ0v) is 15.5. The Bertz CT molecular complexity index is 681. The second-order valence-electron chi connectivity index (χ2n) is 5.58. The van der Waals surface area contributed by atoms with Crippen molar-refractivity contribution in [1.29, 1.82) is 0 Å². The van der Waals surface area contributed by atoms with Crippen LogP contribution >= 0.6 is 23.4 Å². The molecule has 0 bridgehead atoms. The largest absolute Gasteiger partial charge is 0.310 e. The fourth-order valence-electron chi connectivity index (χ4n) is 2.20. The molecule has 24 heavy (non-hydrogen) atoms. The number of aromatic nitrogens is 1. The van der Waals surface area contributed by atoms with Gasteiger partial charge in [0.05, 0.1) is 11.6 Å². The molecule has 2 aromatic rings. The van der Waals surface area contributed by atoms with E-state index in [1.54, 1.807) is 17.8 Å². The highest BCUT2D eigenvalue weighted by Crippen LogP contribution is 2.26. The van der Waals surface area contributed by atoms with Gasteiger partial charge in [0.15, 0.2) is 0 Å². The van der Waals surface area contributed by atoms with Gasteiger partial charge in [-0.05, 0) is 57.0 Å². The van der Waals surface area contributed by atoms with E-state index in [9.17, 15) is 4.79 Å². The van der Waals surface area contributed by atoms with E-state index in [0.717, 1.165) is 34.3 Å². The molecular weight excluding hydrogens is 342 g/mol. The zero-order valence-electron chi connectivity index (χ0n) is 14.0. The Balaban J connectivity index is 1.66.